The fourth-order valence-electron chi connectivity index (χ4n) is 2.92. The molecule has 2 aliphatic carbocycles. The average molecular weight is 227 g/mol. The SMILES string of the molecule is CC(C)(C)OC(=O)N[C@H]1C[C@H]2CC[C@H]1[C@H]2O. The van der Waals surface area contributed by atoms with Crippen LogP contribution in [0, 0.1) is 11.8 Å². The fraction of sp³-hybridized carbons (Fsp3) is 0.917. The highest BCUT2D eigenvalue weighted by molar-refractivity contribution is 5.68. The van der Waals surface area contributed by atoms with Gasteiger partial charge >= 0.3 is 6.09 Å². The van der Waals surface area contributed by atoms with Gasteiger partial charge < -0.3 is 15.2 Å². The van der Waals surface area contributed by atoms with Crippen molar-refractivity contribution >= 4 is 6.09 Å². The maximum absolute atomic E-state index is 11.6. The Morgan fingerprint density at radius 2 is 2.06 bits per heavy atom. The smallest absolute Gasteiger partial charge is 0.407 e. The number of aliphatic hydroxyl groups is 1. The number of carbonyl (C=O) groups is 1. The Labute approximate surface area is 96.4 Å². The maximum atomic E-state index is 11.6. The molecule has 2 aliphatic rings. The van der Waals surface area contributed by atoms with Gasteiger partial charge in [-0.15, -0.1) is 0 Å². The second-order valence-corrected chi connectivity index (χ2v) is 5.98. The first-order valence-electron chi connectivity index (χ1n) is 6.04. The molecular weight excluding hydrogens is 206 g/mol. The van der Waals surface area contributed by atoms with E-state index in [0.29, 0.717) is 5.92 Å². The molecule has 92 valence electrons. The molecule has 2 N–H and O–H groups in total. The minimum absolute atomic E-state index is 0.101. The largest absolute Gasteiger partial charge is 0.444 e. The number of rotatable bonds is 1. The quantitative estimate of drug-likeness (QED) is 0.716. The van der Waals surface area contributed by atoms with Crippen molar-refractivity contribution in [3.8, 4) is 0 Å². The second kappa shape index (κ2) is 3.91. The van der Waals surface area contributed by atoms with Crippen LogP contribution in [0.5, 0.6) is 0 Å². The van der Waals surface area contributed by atoms with Crippen LogP contribution in [0.2, 0.25) is 0 Å². The van der Waals surface area contributed by atoms with Gasteiger partial charge in [0.05, 0.1) is 6.10 Å². The maximum Gasteiger partial charge on any atom is 0.407 e. The van der Waals surface area contributed by atoms with E-state index in [1.54, 1.807) is 0 Å². The van der Waals surface area contributed by atoms with E-state index in [9.17, 15) is 9.90 Å². The summed E-state index contributed by atoms with van der Waals surface area (Å²) in [5.74, 6) is 0.613. The van der Waals surface area contributed by atoms with E-state index in [1.807, 2.05) is 20.8 Å². The number of amides is 1. The minimum atomic E-state index is -0.458. The number of carbonyl (C=O) groups excluding carboxylic acids is 1. The van der Waals surface area contributed by atoms with Crippen molar-refractivity contribution in [1.82, 2.24) is 5.32 Å². The molecule has 0 spiro atoms. The van der Waals surface area contributed by atoms with Crippen LogP contribution in [0.3, 0.4) is 0 Å². The Kier molecular flexibility index (Phi) is 2.86. The molecule has 0 radical (unpaired) electrons. The van der Waals surface area contributed by atoms with Gasteiger partial charge in [-0.2, -0.15) is 0 Å². The summed E-state index contributed by atoms with van der Waals surface area (Å²) in [6.45, 7) is 5.55. The summed E-state index contributed by atoms with van der Waals surface area (Å²) in [7, 11) is 0. The summed E-state index contributed by atoms with van der Waals surface area (Å²) >= 11 is 0. The third-order valence-corrected chi connectivity index (χ3v) is 3.57. The molecule has 4 atom stereocenters. The first-order valence-corrected chi connectivity index (χ1v) is 6.04. The van der Waals surface area contributed by atoms with Crippen LogP contribution in [-0.2, 0) is 4.74 Å². The van der Waals surface area contributed by atoms with E-state index < -0.39 is 5.60 Å². The first-order chi connectivity index (χ1) is 7.37. The van der Waals surface area contributed by atoms with Crippen LogP contribution < -0.4 is 5.32 Å². The average Bonchev–Trinajstić information content (AvgIpc) is 2.57. The molecule has 0 heterocycles. The molecule has 0 saturated heterocycles. The molecule has 4 nitrogen and oxygen atoms in total. The van der Waals surface area contributed by atoms with Crippen LogP contribution in [0.15, 0.2) is 0 Å². The lowest BCUT2D eigenvalue weighted by molar-refractivity contribution is 0.0477. The minimum Gasteiger partial charge on any atom is -0.444 e. The summed E-state index contributed by atoms with van der Waals surface area (Å²) in [5.41, 5.74) is -0.458. The molecule has 2 fully saturated rings. The van der Waals surface area contributed by atoms with Gasteiger partial charge in [-0.3, -0.25) is 0 Å². The van der Waals surface area contributed by atoms with Crippen molar-refractivity contribution in [3.05, 3.63) is 0 Å². The number of ether oxygens (including phenoxy) is 1. The van der Waals surface area contributed by atoms with E-state index >= 15 is 0 Å². The molecule has 1 amide bonds. The highest BCUT2D eigenvalue weighted by atomic mass is 16.6. The van der Waals surface area contributed by atoms with E-state index in [0.717, 1.165) is 19.3 Å². The molecule has 0 aromatic carbocycles. The van der Waals surface area contributed by atoms with Gasteiger partial charge in [-0.1, -0.05) is 0 Å². The number of hydrogen-bond acceptors (Lipinski definition) is 3. The van der Waals surface area contributed by atoms with Crippen LogP contribution in [-0.4, -0.2) is 28.9 Å². The summed E-state index contributed by atoms with van der Waals surface area (Å²) < 4.78 is 5.21. The first kappa shape index (κ1) is 11.7. The lowest BCUT2D eigenvalue weighted by Gasteiger charge is -2.25. The van der Waals surface area contributed by atoms with Crippen LogP contribution in [0.4, 0.5) is 4.79 Å². The summed E-state index contributed by atoms with van der Waals surface area (Å²) in [5, 5.41) is 12.7. The van der Waals surface area contributed by atoms with E-state index in [-0.39, 0.29) is 24.2 Å². The van der Waals surface area contributed by atoms with Crippen molar-refractivity contribution in [2.45, 2.75) is 57.8 Å². The molecule has 0 aromatic rings. The molecule has 2 rings (SSSR count). The van der Waals surface area contributed by atoms with Crippen molar-refractivity contribution in [3.63, 3.8) is 0 Å². The number of aliphatic hydroxyl groups excluding tert-OH is 1. The Morgan fingerprint density at radius 1 is 1.38 bits per heavy atom. The molecule has 4 heteroatoms. The van der Waals surface area contributed by atoms with Gasteiger partial charge in [0, 0.05) is 12.0 Å². The Balaban J connectivity index is 1.85. The Morgan fingerprint density at radius 3 is 2.50 bits per heavy atom. The summed E-state index contributed by atoms with van der Waals surface area (Å²) in [6.07, 6.45) is 2.42. The lowest BCUT2D eigenvalue weighted by atomic mass is 9.95. The van der Waals surface area contributed by atoms with Crippen molar-refractivity contribution in [2.75, 3.05) is 0 Å². The third kappa shape index (κ3) is 2.32. The number of alkyl carbamates (subject to hydrolysis) is 1. The van der Waals surface area contributed by atoms with Gasteiger partial charge in [0.25, 0.3) is 0 Å². The van der Waals surface area contributed by atoms with Gasteiger partial charge in [0.15, 0.2) is 0 Å². The highest BCUT2D eigenvalue weighted by Crippen LogP contribution is 2.44. The fourth-order valence-corrected chi connectivity index (χ4v) is 2.92. The zero-order valence-electron chi connectivity index (χ0n) is 10.2. The van der Waals surface area contributed by atoms with Crippen LogP contribution >= 0.6 is 0 Å². The standard InChI is InChI=1S/C12H21NO3/c1-12(2,3)16-11(15)13-9-6-7-4-5-8(9)10(7)14/h7-10,14H,4-6H2,1-3H3,(H,13,15)/t7-,8-,9+,10+/m1/s1. The molecule has 0 unspecified atom stereocenters. The Hall–Kier alpha value is -0.770. The number of fused-ring (bicyclic) bond motifs is 2. The van der Waals surface area contributed by atoms with Crippen molar-refractivity contribution in [1.29, 1.82) is 0 Å². The number of hydrogen-bond donors (Lipinski definition) is 2. The Bertz CT molecular complexity index is 284. The second-order valence-electron chi connectivity index (χ2n) is 5.98. The summed E-state index contributed by atoms with van der Waals surface area (Å²) in [6, 6.07) is 0.101. The van der Waals surface area contributed by atoms with E-state index in [2.05, 4.69) is 5.32 Å². The van der Waals surface area contributed by atoms with Gasteiger partial charge in [-0.25, -0.2) is 4.79 Å². The van der Waals surface area contributed by atoms with E-state index in [4.69, 9.17) is 4.74 Å². The van der Waals surface area contributed by atoms with E-state index in [1.165, 1.54) is 0 Å². The normalized spacial score (nSPS) is 37.5. The van der Waals surface area contributed by atoms with Gasteiger partial charge in [-0.05, 0) is 46.0 Å². The zero-order valence-corrected chi connectivity index (χ0v) is 10.2. The third-order valence-electron chi connectivity index (χ3n) is 3.57. The van der Waals surface area contributed by atoms with Gasteiger partial charge in [0.1, 0.15) is 5.60 Å². The monoisotopic (exact) mass is 227 g/mol. The molecule has 2 saturated carbocycles. The topological polar surface area (TPSA) is 58.6 Å². The zero-order chi connectivity index (χ0) is 11.9. The van der Waals surface area contributed by atoms with Crippen LogP contribution in [0.1, 0.15) is 40.0 Å². The predicted octanol–water partition coefficient (Wildman–Crippen LogP) is 1.67. The van der Waals surface area contributed by atoms with Gasteiger partial charge in [0.2, 0.25) is 0 Å². The molecule has 0 aliphatic heterocycles. The van der Waals surface area contributed by atoms with Crippen LogP contribution in [0.25, 0.3) is 0 Å². The predicted molar refractivity (Wildman–Crippen MR) is 60.0 cm³/mol. The van der Waals surface area contributed by atoms with Crippen molar-refractivity contribution in [2.24, 2.45) is 11.8 Å². The highest BCUT2D eigenvalue weighted by Gasteiger charge is 2.47. The molecular formula is C12H21NO3. The number of nitrogens with one attached hydrogen (secondary N) is 1. The lowest BCUT2D eigenvalue weighted by Crippen LogP contribution is -2.42. The summed E-state index contributed by atoms with van der Waals surface area (Å²) in [4.78, 5) is 11.6. The molecule has 2 bridgehead atoms. The molecule has 0 aromatic heterocycles. The van der Waals surface area contributed by atoms with Crippen molar-refractivity contribution < 1.29 is 14.6 Å². The molecule has 16 heavy (non-hydrogen) atoms.